The molecule has 3 nitrogen and oxygen atoms in total. The van der Waals surface area contributed by atoms with Crippen LogP contribution in [-0.4, -0.2) is 19.0 Å². The normalized spacial score (nSPS) is 20.3. The number of carbonyl (C=O) groups excluding carboxylic acids is 1. The van der Waals surface area contributed by atoms with Crippen molar-refractivity contribution in [1.82, 2.24) is 5.32 Å². The monoisotopic (exact) mass is 246 g/mol. The Hall–Kier alpha value is -1.51. The Bertz CT molecular complexity index is 440. The minimum absolute atomic E-state index is 0.0225. The van der Waals surface area contributed by atoms with Gasteiger partial charge in [-0.2, -0.15) is 0 Å². The van der Waals surface area contributed by atoms with Crippen LogP contribution in [0.3, 0.4) is 0 Å². The minimum Gasteiger partial charge on any atom is -0.385 e. The predicted octanol–water partition coefficient (Wildman–Crippen LogP) is 2.89. The molecule has 1 aliphatic rings. The fraction of sp³-hybridized carbons (Fsp3) is 0.533. The lowest BCUT2D eigenvalue weighted by Crippen LogP contribution is -2.27. The smallest absolute Gasteiger partial charge is 0.253 e. The SMILES string of the molecule is CCNc1ccccc1C(=O)NCC1CC1(C)C. The molecular weight excluding hydrogens is 224 g/mol. The van der Waals surface area contributed by atoms with Crippen molar-refractivity contribution in [3.05, 3.63) is 29.8 Å². The number of hydrogen-bond donors (Lipinski definition) is 2. The summed E-state index contributed by atoms with van der Waals surface area (Å²) in [6.45, 7) is 8.13. The third-order valence-electron chi connectivity index (χ3n) is 3.77. The quantitative estimate of drug-likeness (QED) is 0.838. The van der Waals surface area contributed by atoms with Crippen molar-refractivity contribution in [3.8, 4) is 0 Å². The lowest BCUT2D eigenvalue weighted by Gasteiger charge is -2.11. The number of anilines is 1. The fourth-order valence-electron chi connectivity index (χ4n) is 2.26. The van der Waals surface area contributed by atoms with Gasteiger partial charge in [-0.25, -0.2) is 0 Å². The fourth-order valence-corrected chi connectivity index (χ4v) is 2.26. The number of rotatable bonds is 5. The van der Waals surface area contributed by atoms with Gasteiger partial charge in [-0.3, -0.25) is 4.79 Å². The first-order valence-corrected chi connectivity index (χ1v) is 6.65. The van der Waals surface area contributed by atoms with E-state index in [0.717, 1.165) is 24.3 Å². The highest BCUT2D eigenvalue weighted by Crippen LogP contribution is 2.50. The lowest BCUT2D eigenvalue weighted by molar-refractivity contribution is 0.0951. The Morgan fingerprint density at radius 3 is 2.67 bits per heavy atom. The zero-order chi connectivity index (χ0) is 13.2. The molecule has 0 saturated heterocycles. The third-order valence-corrected chi connectivity index (χ3v) is 3.77. The van der Waals surface area contributed by atoms with Crippen LogP contribution in [0.1, 0.15) is 37.6 Å². The maximum atomic E-state index is 12.1. The zero-order valence-electron chi connectivity index (χ0n) is 11.4. The van der Waals surface area contributed by atoms with E-state index in [1.165, 1.54) is 6.42 Å². The van der Waals surface area contributed by atoms with Crippen molar-refractivity contribution in [2.45, 2.75) is 27.2 Å². The van der Waals surface area contributed by atoms with Gasteiger partial charge in [0.05, 0.1) is 5.56 Å². The van der Waals surface area contributed by atoms with E-state index in [4.69, 9.17) is 0 Å². The van der Waals surface area contributed by atoms with Gasteiger partial charge in [0, 0.05) is 18.8 Å². The summed E-state index contributed by atoms with van der Waals surface area (Å²) >= 11 is 0. The Morgan fingerprint density at radius 1 is 1.39 bits per heavy atom. The molecule has 1 aromatic carbocycles. The van der Waals surface area contributed by atoms with E-state index in [1.807, 2.05) is 31.2 Å². The van der Waals surface area contributed by atoms with Crippen molar-refractivity contribution in [2.75, 3.05) is 18.4 Å². The molecule has 1 atom stereocenters. The molecule has 0 bridgehead atoms. The average molecular weight is 246 g/mol. The van der Waals surface area contributed by atoms with E-state index in [0.29, 0.717) is 11.3 Å². The van der Waals surface area contributed by atoms with Crippen molar-refractivity contribution < 1.29 is 4.79 Å². The summed E-state index contributed by atoms with van der Waals surface area (Å²) < 4.78 is 0. The Balaban J connectivity index is 1.96. The largest absolute Gasteiger partial charge is 0.385 e. The Morgan fingerprint density at radius 2 is 2.06 bits per heavy atom. The summed E-state index contributed by atoms with van der Waals surface area (Å²) in [4.78, 5) is 12.1. The van der Waals surface area contributed by atoms with E-state index >= 15 is 0 Å². The van der Waals surface area contributed by atoms with Crippen LogP contribution >= 0.6 is 0 Å². The van der Waals surface area contributed by atoms with Gasteiger partial charge in [-0.05, 0) is 36.8 Å². The highest BCUT2D eigenvalue weighted by atomic mass is 16.1. The number of para-hydroxylation sites is 1. The van der Waals surface area contributed by atoms with Crippen LogP contribution in [0.5, 0.6) is 0 Å². The molecule has 0 heterocycles. The number of amides is 1. The maximum absolute atomic E-state index is 12.1. The van der Waals surface area contributed by atoms with Crippen molar-refractivity contribution in [2.24, 2.45) is 11.3 Å². The van der Waals surface area contributed by atoms with E-state index in [2.05, 4.69) is 24.5 Å². The molecule has 1 fully saturated rings. The van der Waals surface area contributed by atoms with Crippen LogP contribution < -0.4 is 10.6 Å². The maximum Gasteiger partial charge on any atom is 0.253 e. The summed E-state index contributed by atoms with van der Waals surface area (Å²) in [5, 5.41) is 6.25. The number of nitrogens with one attached hydrogen (secondary N) is 2. The summed E-state index contributed by atoms with van der Waals surface area (Å²) in [5.41, 5.74) is 2.06. The molecule has 98 valence electrons. The summed E-state index contributed by atoms with van der Waals surface area (Å²) in [7, 11) is 0. The molecule has 1 saturated carbocycles. The molecule has 0 aliphatic heterocycles. The minimum atomic E-state index is 0.0225. The Labute approximate surface area is 109 Å². The first-order valence-electron chi connectivity index (χ1n) is 6.65. The molecule has 0 spiro atoms. The molecule has 1 aromatic rings. The topological polar surface area (TPSA) is 41.1 Å². The van der Waals surface area contributed by atoms with Crippen LogP contribution in [0, 0.1) is 11.3 Å². The molecule has 2 rings (SSSR count). The second-order valence-corrected chi connectivity index (χ2v) is 5.68. The summed E-state index contributed by atoms with van der Waals surface area (Å²) in [6.07, 6.45) is 1.21. The van der Waals surface area contributed by atoms with Gasteiger partial charge in [0.2, 0.25) is 0 Å². The molecule has 3 heteroatoms. The summed E-state index contributed by atoms with van der Waals surface area (Å²) in [6, 6.07) is 7.65. The molecular formula is C15H22N2O. The number of carbonyl (C=O) groups is 1. The van der Waals surface area contributed by atoms with E-state index in [9.17, 15) is 4.79 Å². The molecule has 0 radical (unpaired) electrons. The standard InChI is InChI=1S/C15H22N2O/c1-4-16-13-8-6-5-7-12(13)14(18)17-10-11-9-15(11,2)3/h5-8,11,16H,4,9-10H2,1-3H3,(H,17,18). The van der Waals surface area contributed by atoms with Gasteiger partial charge in [-0.1, -0.05) is 26.0 Å². The molecule has 0 aromatic heterocycles. The Kier molecular flexibility index (Phi) is 3.60. The molecule has 2 N–H and O–H groups in total. The second kappa shape index (κ2) is 5.01. The van der Waals surface area contributed by atoms with E-state index in [1.54, 1.807) is 0 Å². The van der Waals surface area contributed by atoms with Crippen LogP contribution in [-0.2, 0) is 0 Å². The number of benzene rings is 1. The zero-order valence-corrected chi connectivity index (χ0v) is 11.4. The van der Waals surface area contributed by atoms with Crippen LogP contribution in [0.4, 0.5) is 5.69 Å². The van der Waals surface area contributed by atoms with Gasteiger partial charge < -0.3 is 10.6 Å². The third kappa shape index (κ3) is 2.84. The summed E-state index contributed by atoms with van der Waals surface area (Å²) in [5.74, 6) is 0.655. The van der Waals surface area contributed by atoms with Crippen LogP contribution in [0.25, 0.3) is 0 Å². The lowest BCUT2D eigenvalue weighted by atomic mass is 10.1. The van der Waals surface area contributed by atoms with Gasteiger partial charge in [0.25, 0.3) is 5.91 Å². The predicted molar refractivity (Wildman–Crippen MR) is 74.8 cm³/mol. The van der Waals surface area contributed by atoms with Gasteiger partial charge in [0.15, 0.2) is 0 Å². The average Bonchev–Trinajstić information content (AvgIpc) is 2.95. The molecule has 1 amide bonds. The van der Waals surface area contributed by atoms with Crippen molar-refractivity contribution >= 4 is 11.6 Å². The number of hydrogen-bond acceptors (Lipinski definition) is 2. The van der Waals surface area contributed by atoms with Crippen molar-refractivity contribution in [1.29, 1.82) is 0 Å². The van der Waals surface area contributed by atoms with Gasteiger partial charge in [0.1, 0.15) is 0 Å². The molecule has 18 heavy (non-hydrogen) atoms. The first kappa shape index (κ1) is 12.9. The second-order valence-electron chi connectivity index (χ2n) is 5.68. The van der Waals surface area contributed by atoms with Crippen LogP contribution in [0.15, 0.2) is 24.3 Å². The highest BCUT2D eigenvalue weighted by molar-refractivity contribution is 5.99. The van der Waals surface area contributed by atoms with E-state index in [-0.39, 0.29) is 5.91 Å². The van der Waals surface area contributed by atoms with Gasteiger partial charge >= 0.3 is 0 Å². The van der Waals surface area contributed by atoms with Crippen LogP contribution in [0.2, 0.25) is 0 Å². The van der Waals surface area contributed by atoms with Crippen molar-refractivity contribution in [3.63, 3.8) is 0 Å². The van der Waals surface area contributed by atoms with E-state index < -0.39 is 0 Å². The highest BCUT2D eigenvalue weighted by Gasteiger charge is 2.45. The molecule has 1 unspecified atom stereocenters. The first-order chi connectivity index (χ1) is 8.54. The van der Waals surface area contributed by atoms with Gasteiger partial charge in [-0.15, -0.1) is 0 Å². The molecule has 1 aliphatic carbocycles.